The number of hydrogen-bond donors (Lipinski definition) is 0. The normalized spacial score (nSPS) is 25.5. The van der Waals surface area contributed by atoms with E-state index in [0.29, 0.717) is 17.4 Å². The molecule has 0 amide bonds. The van der Waals surface area contributed by atoms with E-state index in [2.05, 4.69) is 42.0 Å². The molecule has 0 aliphatic carbocycles. The third-order valence-corrected chi connectivity index (χ3v) is 6.37. The summed E-state index contributed by atoms with van der Waals surface area (Å²) in [5, 5.41) is 10.5. The Bertz CT molecular complexity index is 832. The zero-order valence-corrected chi connectivity index (χ0v) is 16.6. The van der Waals surface area contributed by atoms with Crippen molar-refractivity contribution in [3.63, 3.8) is 0 Å². The molecule has 4 rings (SSSR count). The van der Waals surface area contributed by atoms with Gasteiger partial charge in [0.1, 0.15) is 6.07 Å². The fourth-order valence-corrected chi connectivity index (χ4v) is 4.91. The molecule has 0 spiro atoms. The Labute approximate surface area is 162 Å². The van der Waals surface area contributed by atoms with Gasteiger partial charge in [-0.2, -0.15) is 5.26 Å². The number of fused-ring (bicyclic) bond motifs is 1. The molecule has 142 valence electrons. The van der Waals surface area contributed by atoms with Gasteiger partial charge in [0.2, 0.25) is 0 Å². The lowest BCUT2D eigenvalue weighted by Crippen LogP contribution is -2.43. The van der Waals surface area contributed by atoms with Crippen LogP contribution in [0.1, 0.15) is 43.4 Å². The van der Waals surface area contributed by atoms with Gasteiger partial charge in [-0.1, -0.05) is 25.1 Å². The Morgan fingerprint density at radius 2 is 1.96 bits per heavy atom. The molecule has 2 saturated heterocycles. The molecular weight excluding hydrogens is 332 g/mol. The van der Waals surface area contributed by atoms with E-state index in [4.69, 9.17) is 4.98 Å². The van der Waals surface area contributed by atoms with E-state index < -0.39 is 0 Å². The van der Waals surface area contributed by atoms with Crippen LogP contribution in [0, 0.1) is 23.2 Å². The summed E-state index contributed by atoms with van der Waals surface area (Å²) in [5.41, 5.74) is 2.70. The number of pyridine rings is 1. The van der Waals surface area contributed by atoms with Crippen LogP contribution in [-0.4, -0.2) is 54.6 Å². The largest absolute Gasteiger partial charge is 0.306 e. The maximum absolute atomic E-state index is 9.42. The summed E-state index contributed by atoms with van der Waals surface area (Å²) in [5.74, 6) is 2.00. The highest BCUT2D eigenvalue weighted by Gasteiger charge is 2.29. The summed E-state index contributed by atoms with van der Waals surface area (Å²) >= 11 is 0. The highest BCUT2D eigenvalue weighted by atomic mass is 15.2. The van der Waals surface area contributed by atoms with E-state index in [0.717, 1.165) is 29.1 Å². The van der Waals surface area contributed by atoms with Crippen molar-refractivity contribution in [2.75, 3.05) is 39.8 Å². The SMILES string of the molecule is CC1CC(c2ccc3cccc(C#N)c3n2)CN(CC2CCN(C)CC2)C1. The molecule has 2 aromatic rings. The average molecular weight is 363 g/mol. The first-order valence-electron chi connectivity index (χ1n) is 10.3. The van der Waals surface area contributed by atoms with E-state index in [-0.39, 0.29) is 0 Å². The van der Waals surface area contributed by atoms with Crippen molar-refractivity contribution in [2.45, 2.75) is 32.1 Å². The second-order valence-electron chi connectivity index (χ2n) is 8.73. The molecule has 0 bridgehead atoms. The van der Waals surface area contributed by atoms with E-state index in [1.54, 1.807) is 0 Å². The van der Waals surface area contributed by atoms with E-state index in [1.165, 1.54) is 45.4 Å². The van der Waals surface area contributed by atoms with Crippen molar-refractivity contribution in [3.8, 4) is 6.07 Å². The smallest absolute Gasteiger partial charge is 0.101 e. The number of nitrogens with zero attached hydrogens (tertiary/aromatic N) is 4. The molecule has 3 heterocycles. The fraction of sp³-hybridized carbons (Fsp3) is 0.565. The van der Waals surface area contributed by atoms with Gasteiger partial charge in [-0.05, 0) is 63.4 Å². The Hall–Kier alpha value is -1.96. The van der Waals surface area contributed by atoms with Crippen molar-refractivity contribution in [1.29, 1.82) is 5.26 Å². The molecule has 2 fully saturated rings. The van der Waals surface area contributed by atoms with Gasteiger partial charge in [0.05, 0.1) is 11.1 Å². The molecule has 1 aromatic carbocycles. The van der Waals surface area contributed by atoms with Crippen molar-refractivity contribution >= 4 is 10.9 Å². The van der Waals surface area contributed by atoms with Crippen LogP contribution in [-0.2, 0) is 0 Å². The summed E-state index contributed by atoms with van der Waals surface area (Å²) in [6, 6.07) is 12.5. The summed E-state index contributed by atoms with van der Waals surface area (Å²) in [4.78, 5) is 10.1. The van der Waals surface area contributed by atoms with Crippen LogP contribution in [0.15, 0.2) is 30.3 Å². The van der Waals surface area contributed by atoms with Crippen LogP contribution in [0.5, 0.6) is 0 Å². The van der Waals surface area contributed by atoms with Gasteiger partial charge in [-0.3, -0.25) is 4.98 Å². The molecule has 0 radical (unpaired) electrons. The predicted molar refractivity (Wildman–Crippen MR) is 110 cm³/mol. The molecular formula is C23H30N4. The Morgan fingerprint density at radius 3 is 2.74 bits per heavy atom. The lowest BCUT2D eigenvalue weighted by molar-refractivity contribution is 0.113. The first-order chi connectivity index (χ1) is 13.1. The molecule has 1 aromatic heterocycles. The van der Waals surface area contributed by atoms with Crippen LogP contribution in [0.3, 0.4) is 0 Å². The molecule has 0 saturated carbocycles. The zero-order valence-electron chi connectivity index (χ0n) is 16.6. The van der Waals surface area contributed by atoms with Gasteiger partial charge in [0.25, 0.3) is 0 Å². The van der Waals surface area contributed by atoms with Gasteiger partial charge < -0.3 is 9.80 Å². The third kappa shape index (κ3) is 4.15. The Kier molecular flexibility index (Phi) is 5.43. The second-order valence-corrected chi connectivity index (χ2v) is 8.73. The van der Waals surface area contributed by atoms with Crippen LogP contribution < -0.4 is 0 Å². The topological polar surface area (TPSA) is 43.2 Å². The molecule has 2 atom stereocenters. The summed E-state index contributed by atoms with van der Waals surface area (Å²) in [7, 11) is 2.23. The Morgan fingerprint density at radius 1 is 1.15 bits per heavy atom. The minimum atomic E-state index is 0.469. The molecule has 2 unspecified atom stereocenters. The number of hydrogen-bond acceptors (Lipinski definition) is 4. The molecule has 4 heteroatoms. The number of piperidine rings is 2. The van der Waals surface area contributed by atoms with Crippen LogP contribution >= 0.6 is 0 Å². The van der Waals surface area contributed by atoms with E-state index in [1.807, 2.05) is 18.2 Å². The van der Waals surface area contributed by atoms with Crippen LogP contribution in [0.2, 0.25) is 0 Å². The van der Waals surface area contributed by atoms with E-state index in [9.17, 15) is 5.26 Å². The maximum Gasteiger partial charge on any atom is 0.101 e. The Balaban J connectivity index is 1.51. The van der Waals surface area contributed by atoms with Crippen molar-refractivity contribution in [2.24, 2.45) is 11.8 Å². The minimum Gasteiger partial charge on any atom is -0.306 e. The lowest BCUT2D eigenvalue weighted by Gasteiger charge is -2.39. The predicted octanol–water partition coefficient (Wildman–Crippen LogP) is 3.87. The minimum absolute atomic E-state index is 0.469. The fourth-order valence-electron chi connectivity index (χ4n) is 4.91. The third-order valence-electron chi connectivity index (χ3n) is 6.37. The quantitative estimate of drug-likeness (QED) is 0.831. The number of likely N-dealkylation sites (tertiary alicyclic amines) is 2. The van der Waals surface area contributed by atoms with Gasteiger partial charge in [-0.15, -0.1) is 0 Å². The highest BCUT2D eigenvalue weighted by molar-refractivity contribution is 5.84. The van der Waals surface area contributed by atoms with Gasteiger partial charge >= 0.3 is 0 Å². The molecule has 4 nitrogen and oxygen atoms in total. The van der Waals surface area contributed by atoms with Crippen LogP contribution in [0.25, 0.3) is 10.9 Å². The van der Waals surface area contributed by atoms with Gasteiger partial charge in [0.15, 0.2) is 0 Å². The number of aromatic nitrogens is 1. The monoisotopic (exact) mass is 362 g/mol. The maximum atomic E-state index is 9.42. The summed E-state index contributed by atoms with van der Waals surface area (Å²) in [6.45, 7) is 8.38. The van der Waals surface area contributed by atoms with Crippen molar-refractivity contribution < 1.29 is 0 Å². The van der Waals surface area contributed by atoms with Gasteiger partial charge in [0, 0.05) is 36.6 Å². The first kappa shape index (κ1) is 18.4. The number of rotatable bonds is 3. The number of para-hydroxylation sites is 1. The standard InChI is InChI=1S/C23H30N4/c1-17-12-21(16-27(14-17)15-18-8-10-26(2)11-9-18)22-7-6-19-4-3-5-20(13-24)23(19)25-22/h3-7,17-18,21H,8-12,14-16H2,1-2H3. The zero-order chi connectivity index (χ0) is 18.8. The molecule has 0 N–H and O–H groups in total. The van der Waals surface area contributed by atoms with Crippen molar-refractivity contribution in [3.05, 3.63) is 41.6 Å². The van der Waals surface area contributed by atoms with Crippen molar-refractivity contribution in [1.82, 2.24) is 14.8 Å². The summed E-state index contributed by atoms with van der Waals surface area (Å²) in [6.07, 6.45) is 3.84. The number of benzene rings is 1. The van der Waals surface area contributed by atoms with Crippen LogP contribution in [0.4, 0.5) is 0 Å². The molecule has 2 aliphatic heterocycles. The highest BCUT2D eigenvalue weighted by Crippen LogP contribution is 2.32. The van der Waals surface area contributed by atoms with E-state index >= 15 is 0 Å². The summed E-state index contributed by atoms with van der Waals surface area (Å²) < 4.78 is 0. The molecule has 27 heavy (non-hydrogen) atoms. The lowest BCUT2D eigenvalue weighted by atomic mass is 9.86. The molecule has 2 aliphatic rings. The number of nitriles is 1. The second kappa shape index (κ2) is 7.96. The first-order valence-corrected chi connectivity index (χ1v) is 10.3. The van der Waals surface area contributed by atoms with Gasteiger partial charge in [-0.25, -0.2) is 0 Å². The average Bonchev–Trinajstić information content (AvgIpc) is 2.68.